The Labute approximate surface area is 53.1 Å². The summed E-state index contributed by atoms with van der Waals surface area (Å²) in [6.07, 6.45) is 3.90. The Kier molecular flexibility index (Phi) is 2.18. The average Bonchev–Trinajstić information content (AvgIpc) is 1.90. The smallest absolute Gasteiger partial charge is 0.108 e. The minimum absolute atomic E-state index is 0.0799. The second-order valence-corrected chi connectivity index (χ2v) is 2.48. The van der Waals surface area contributed by atoms with Crippen molar-refractivity contribution in [1.82, 2.24) is 0 Å². The van der Waals surface area contributed by atoms with Gasteiger partial charge in [0.25, 0.3) is 0 Å². The van der Waals surface area contributed by atoms with E-state index in [0.717, 1.165) is 11.3 Å². The molecule has 0 atom stereocenters. The molecular formula is C6H7OS. The molecule has 2 heteroatoms. The van der Waals surface area contributed by atoms with Gasteiger partial charge in [0.2, 0.25) is 0 Å². The van der Waals surface area contributed by atoms with Crippen LogP contribution in [0.4, 0.5) is 0 Å². The number of thioether (sulfide) groups is 1. The van der Waals surface area contributed by atoms with Crippen molar-refractivity contribution in [2.45, 2.75) is 0 Å². The molecule has 0 unspecified atom stereocenters. The van der Waals surface area contributed by atoms with Gasteiger partial charge in [0.15, 0.2) is 0 Å². The van der Waals surface area contributed by atoms with E-state index < -0.39 is 0 Å². The van der Waals surface area contributed by atoms with Crippen molar-refractivity contribution in [3.8, 4) is 0 Å². The Bertz CT molecular complexity index is 126. The summed E-state index contributed by atoms with van der Waals surface area (Å²) in [5.41, 5.74) is 0.904. The Morgan fingerprint density at radius 1 is 1.75 bits per heavy atom. The van der Waals surface area contributed by atoms with Crippen molar-refractivity contribution >= 4 is 11.8 Å². The molecule has 0 aromatic heterocycles. The lowest BCUT2D eigenvalue weighted by Crippen LogP contribution is -1.86. The van der Waals surface area contributed by atoms with Gasteiger partial charge in [-0.3, -0.25) is 0 Å². The van der Waals surface area contributed by atoms with Crippen LogP contribution in [-0.4, -0.2) is 12.4 Å². The molecule has 0 saturated carbocycles. The van der Waals surface area contributed by atoms with Crippen LogP contribution in [0.5, 0.6) is 0 Å². The Morgan fingerprint density at radius 3 is 3.00 bits per heavy atom. The second-order valence-electron chi connectivity index (χ2n) is 1.57. The quantitative estimate of drug-likeness (QED) is 0.524. The van der Waals surface area contributed by atoms with E-state index in [1.165, 1.54) is 0 Å². The minimum atomic E-state index is -0.0799. The maximum absolute atomic E-state index is 10.2. The first kappa shape index (κ1) is 5.92. The van der Waals surface area contributed by atoms with Crippen molar-refractivity contribution in [3.05, 3.63) is 23.1 Å². The first-order valence-electron chi connectivity index (χ1n) is 2.49. The zero-order chi connectivity index (χ0) is 5.82. The molecule has 0 amide bonds. The van der Waals surface area contributed by atoms with Gasteiger partial charge in [-0.05, 0) is 11.0 Å². The molecule has 0 N–H and O–H groups in total. The molecule has 1 nitrogen and oxygen atoms in total. The number of hydrogen-bond acceptors (Lipinski definition) is 1. The topological polar surface area (TPSA) is 19.9 Å². The first-order chi connectivity index (χ1) is 3.93. The van der Waals surface area contributed by atoms with Crippen LogP contribution in [0.3, 0.4) is 0 Å². The zero-order valence-corrected chi connectivity index (χ0v) is 5.28. The van der Waals surface area contributed by atoms with Gasteiger partial charge in [-0.25, -0.2) is 5.11 Å². The van der Waals surface area contributed by atoms with Crippen LogP contribution in [0.25, 0.3) is 0 Å². The molecule has 0 aromatic carbocycles. The summed E-state index contributed by atoms with van der Waals surface area (Å²) in [7, 11) is 0. The SMILES string of the molecule is [O]CC1=CSCC=C1. The van der Waals surface area contributed by atoms with Crippen molar-refractivity contribution in [2.75, 3.05) is 12.4 Å². The van der Waals surface area contributed by atoms with Crippen LogP contribution in [0, 0.1) is 0 Å². The highest BCUT2D eigenvalue weighted by molar-refractivity contribution is 8.02. The third-order valence-corrected chi connectivity index (χ3v) is 1.78. The molecule has 1 heterocycles. The van der Waals surface area contributed by atoms with Crippen LogP contribution in [0.2, 0.25) is 0 Å². The predicted molar refractivity (Wildman–Crippen MR) is 35.2 cm³/mol. The molecule has 0 saturated heterocycles. The van der Waals surface area contributed by atoms with E-state index in [2.05, 4.69) is 0 Å². The number of rotatable bonds is 1. The molecule has 1 aliphatic heterocycles. The second kappa shape index (κ2) is 2.95. The standard InChI is InChI=1S/C6H7OS/c7-4-6-2-1-3-8-5-6/h1-2,5H,3-4H2. The molecule has 0 spiro atoms. The summed E-state index contributed by atoms with van der Waals surface area (Å²) in [6.45, 7) is -0.0799. The summed E-state index contributed by atoms with van der Waals surface area (Å²) in [5, 5.41) is 12.1. The monoisotopic (exact) mass is 127 g/mol. The van der Waals surface area contributed by atoms with Crippen molar-refractivity contribution in [1.29, 1.82) is 0 Å². The highest BCUT2D eigenvalue weighted by Crippen LogP contribution is 2.13. The van der Waals surface area contributed by atoms with E-state index in [0.29, 0.717) is 0 Å². The summed E-state index contributed by atoms with van der Waals surface area (Å²) in [6, 6.07) is 0. The van der Waals surface area contributed by atoms with E-state index in [-0.39, 0.29) is 6.61 Å². The van der Waals surface area contributed by atoms with Gasteiger partial charge in [0.1, 0.15) is 6.61 Å². The lowest BCUT2D eigenvalue weighted by molar-refractivity contribution is 0.226. The third-order valence-electron chi connectivity index (χ3n) is 0.926. The minimum Gasteiger partial charge on any atom is -0.232 e. The Morgan fingerprint density at radius 2 is 2.62 bits per heavy atom. The molecule has 1 aliphatic rings. The van der Waals surface area contributed by atoms with Crippen LogP contribution >= 0.6 is 11.8 Å². The van der Waals surface area contributed by atoms with Crippen LogP contribution in [0.15, 0.2) is 23.1 Å². The van der Waals surface area contributed by atoms with Gasteiger partial charge in [-0.1, -0.05) is 12.2 Å². The molecule has 0 aliphatic carbocycles. The van der Waals surface area contributed by atoms with E-state index in [1.807, 2.05) is 17.6 Å². The van der Waals surface area contributed by atoms with Gasteiger partial charge in [0.05, 0.1) is 0 Å². The summed E-state index contributed by atoms with van der Waals surface area (Å²) in [4.78, 5) is 0. The maximum Gasteiger partial charge on any atom is 0.108 e. The predicted octanol–water partition coefficient (Wildman–Crippen LogP) is 1.60. The molecule has 1 rings (SSSR count). The Balaban J connectivity index is 2.51. The molecule has 0 aromatic rings. The Hall–Kier alpha value is -0.210. The molecule has 8 heavy (non-hydrogen) atoms. The lowest BCUT2D eigenvalue weighted by atomic mass is 10.3. The van der Waals surface area contributed by atoms with Crippen molar-refractivity contribution in [2.24, 2.45) is 0 Å². The van der Waals surface area contributed by atoms with E-state index >= 15 is 0 Å². The summed E-state index contributed by atoms with van der Waals surface area (Å²) < 4.78 is 0. The summed E-state index contributed by atoms with van der Waals surface area (Å²) in [5.74, 6) is 1.02. The summed E-state index contributed by atoms with van der Waals surface area (Å²) >= 11 is 1.68. The third kappa shape index (κ3) is 1.39. The first-order valence-corrected chi connectivity index (χ1v) is 3.53. The highest BCUT2D eigenvalue weighted by atomic mass is 32.2. The largest absolute Gasteiger partial charge is 0.232 e. The van der Waals surface area contributed by atoms with Gasteiger partial charge in [-0.15, -0.1) is 11.8 Å². The zero-order valence-electron chi connectivity index (χ0n) is 4.46. The highest BCUT2D eigenvalue weighted by Gasteiger charge is 1.93. The van der Waals surface area contributed by atoms with Gasteiger partial charge < -0.3 is 0 Å². The van der Waals surface area contributed by atoms with Gasteiger partial charge in [0, 0.05) is 5.75 Å². The lowest BCUT2D eigenvalue weighted by Gasteiger charge is -1.99. The fourth-order valence-electron chi connectivity index (χ4n) is 0.532. The van der Waals surface area contributed by atoms with Crippen LogP contribution in [-0.2, 0) is 5.11 Å². The molecule has 0 bridgehead atoms. The van der Waals surface area contributed by atoms with E-state index in [1.54, 1.807) is 11.8 Å². The molecule has 1 radical (unpaired) electrons. The normalized spacial score (nSPS) is 18.4. The van der Waals surface area contributed by atoms with Gasteiger partial charge >= 0.3 is 0 Å². The van der Waals surface area contributed by atoms with E-state index in [4.69, 9.17) is 0 Å². The molecular weight excluding hydrogens is 120 g/mol. The van der Waals surface area contributed by atoms with Crippen LogP contribution in [0.1, 0.15) is 0 Å². The number of hydrogen-bond donors (Lipinski definition) is 0. The average molecular weight is 127 g/mol. The van der Waals surface area contributed by atoms with Crippen molar-refractivity contribution < 1.29 is 5.11 Å². The van der Waals surface area contributed by atoms with Crippen molar-refractivity contribution in [3.63, 3.8) is 0 Å². The molecule has 0 fully saturated rings. The fraction of sp³-hybridized carbons (Fsp3) is 0.333. The maximum atomic E-state index is 10.2. The molecule has 43 valence electrons. The fourth-order valence-corrected chi connectivity index (χ4v) is 1.20. The van der Waals surface area contributed by atoms with Gasteiger partial charge in [-0.2, -0.15) is 0 Å². The van der Waals surface area contributed by atoms with Crippen LogP contribution < -0.4 is 0 Å². The van der Waals surface area contributed by atoms with E-state index in [9.17, 15) is 5.11 Å².